The highest BCUT2D eigenvalue weighted by Gasteiger charge is 2.39. The van der Waals surface area contributed by atoms with Crippen molar-refractivity contribution >= 4 is 33.5 Å². The summed E-state index contributed by atoms with van der Waals surface area (Å²) in [5, 5.41) is 0. The molecule has 0 N–H and O–H groups in total. The fourth-order valence-electron chi connectivity index (χ4n) is 3.16. The van der Waals surface area contributed by atoms with Crippen LogP contribution in [0.2, 0.25) is 0 Å². The number of likely N-dealkylation sites (N-methyl/N-ethyl adjacent to an activating group) is 1. The van der Waals surface area contributed by atoms with Crippen LogP contribution in [0.15, 0.2) is 28.7 Å². The van der Waals surface area contributed by atoms with Crippen LogP contribution in [0.25, 0.3) is 6.08 Å². The van der Waals surface area contributed by atoms with Crippen molar-refractivity contribution in [2.75, 3.05) is 44.4 Å². The molecule has 8 nitrogen and oxygen atoms in total. The minimum absolute atomic E-state index is 0.0434. The van der Waals surface area contributed by atoms with Gasteiger partial charge in [-0.25, -0.2) is 18.0 Å². The summed E-state index contributed by atoms with van der Waals surface area (Å²) in [6.45, 7) is 6.24. The Balaban J connectivity index is 2.00. The Bertz CT molecular complexity index is 921. The number of rotatable bonds is 3. The first-order valence-electron chi connectivity index (χ1n) is 8.92. The average molecular weight is 408 g/mol. The second kappa shape index (κ2) is 7.21. The van der Waals surface area contributed by atoms with Gasteiger partial charge in [-0.15, -0.1) is 0 Å². The molecule has 2 aliphatic heterocycles. The quantitative estimate of drug-likeness (QED) is 0.416. The number of sulfone groups is 1. The number of cyclic esters (lactones) is 2. The highest BCUT2D eigenvalue weighted by Crippen LogP contribution is 2.29. The van der Waals surface area contributed by atoms with E-state index in [2.05, 4.69) is 9.80 Å². The van der Waals surface area contributed by atoms with E-state index in [1.165, 1.54) is 19.9 Å². The molecular weight excluding hydrogens is 384 g/mol. The summed E-state index contributed by atoms with van der Waals surface area (Å²) in [5.74, 6) is -3.04. The number of hydrogen-bond acceptors (Lipinski definition) is 8. The Morgan fingerprint density at radius 2 is 1.61 bits per heavy atom. The van der Waals surface area contributed by atoms with E-state index in [1.807, 2.05) is 7.05 Å². The maximum absolute atomic E-state index is 12.4. The summed E-state index contributed by atoms with van der Waals surface area (Å²) in [5.41, 5.74) is 0.686. The molecule has 2 fully saturated rings. The van der Waals surface area contributed by atoms with E-state index in [1.54, 1.807) is 18.2 Å². The molecule has 0 atom stereocenters. The van der Waals surface area contributed by atoms with E-state index in [9.17, 15) is 18.0 Å². The highest BCUT2D eigenvalue weighted by atomic mass is 32.2. The summed E-state index contributed by atoms with van der Waals surface area (Å²) >= 11 is 0. The Hall–Kier alpha value is -2.39. The van der Waals surface area contributed by atoms with Gasteiger partial charge < -0.3 is 19.3 Å². The lowest BCUT2D eigenvalue weighted by molar-refractivity contribution is -0.222. The lowest BCUT2D eigenvalue weighted by atomic mass is 10.1. The van der Waals surface area contributed by atoms with Gasteiger partial charge in [0.05, 0.1) is 4.90 Å². The van der Waals surface area contributed by atoms with Crippen molar-refractivity contribution in [1.82, 2.24) is 4.90 Å². The molecule has 0 spiro atoms. The van der Waals surface area contributed by atoms with Crippen LogP contribution in [0.1, 0.15) is 19.4 Å². The van der Waals surface area contributed by atoms with Crippen molar-refractivity contribution in [3.63, 3.8) is 0 Å². The van der Waals surface area contributed by atoms with Gasteiger partial charge >= 0.3 is 11.9 Å². The minimum Gasteiger partial charge on any atom is -0.419 e. The lowest BCUT2D eigenvalue weighted by Gasteiger charge is -2.34. The number of nitrogens with zero attached hydrogens (tertiary/aromatic N) is 2. The van der Waals surface area contributed by atoms with Gasteiger partial charge in [0.1, 0.15) is 5.57 Å². The summed E-state index contributed by atoms with van der Waals surface area (Å²) in [4.78, 5) is 28.7. The van der Waals surface area contributed by atoms with Gasteiger partial charge in [0, 0.05) is 52.0 Å². The zero-order valence-electron chi connectivity index (χ0n) is 16.4. The molecular formula is C19H24N2O6S. The number of ether oxygens (including phenoxy) is 2. The number of carbonyl (C=O) groups is 2. The molecule has 0 amide bonds. The SMILES string of the molecule is CN1CCN(c2ccc(C=C3C(=O)OC(C)(C)OC3=O)c(S(C)(=O)=O)c2)CC1. The second-order valence-corrected chi connectivity index (χ2v) is 9.51. The third kappa shape index (κ3) is 4.36. The molecule has 2 saturated heterocycles. The molecule has 0 bridgehead atoms. The van der Waals surface area contributed by atoms with E-state index in [0.717, 1.165) is 38.1 Å². The molecule has 2 aliphatic rings. The standard InChI is InChI=1S/C19H24N2O6S/c1-19(2)26-17(22)15(18(23)27-19)11-13-5-6-14(12-16(13)28(4,24)25)21-9-7-20(3)8-10-21/h5-6,11-12H,7-10H2,1-4H3. The molecule has 152 valence electrons. The molecule has 3 rings (SSSR count). The summed E-state index contributed by atoms with van der Waals surface area (Å²) in [6.07, 6.45) is 2.31. The lowest BCUT2D eigenvalue weighted by Crippen LogP contribution is -2.44. The van der Waals surface area contributed by atoms with Gasteiger partial charge in [-0.1, -0.05) is 6.07 Å². The normalized spacial score (nSPS) is 20.6. The minimum atomic E-state index is -3.60. The van der Waals surface area contributed by atoms with Crippen molar-refractivity contribution in [2.24, 2.45) is 0 Å². The van der Waals surface area contributed by atoms with E-state index >= 15 is 0 Å². The fourth-order valence-corrected chi connectivity index (χ4v) is 4.05. The predicted molar refractivity (Wildman–Crippen MR) is 104 cm³/mol. The fraction of sp³-hybridized carbons (Fsp3) is 0.474. The molecule has 0 saturated carbocycles. The second-order valence-electron chi connectivity index (χ2n) is 7.52. The molecule has 0 unspecified atom stereocenters. The van der Waals surface area contributed by atoms with E-state index in [-0.39, 0.29) is 16.0 Å². The largest absolute Gasteiger partial charge is 0.419 e. The molecule has 0 aliphatic carbocycles. The smallest absolute Gasteiger partial charge is 0.348 e. The molecule has 0 radical (unpaired) electrons. The molecule has 9 heteroatoms. The number of hydrogen-bond donors (Lipinski definition) is 0. The third-order valence-electron chi connectivity index (χ3n) is 4.68. The van der Waals surface area contributed by atoms with Gasteiger partial charge in [-0.2, -0.15) is 0 Å². The van der Waals surface area contributed by atoms with E-state index in [0.29, 0.717) is 0 Å². The van der Waals surface area contributed by atoms with Crippen LogP contribution in [0.3, 0.4) is 0 Å². The Morgan fingerprint density at radius 3 is 2.14 bits per heavy atom. The van der Waals surface area contributed by atoms with Gasteiger partial charge in [0.2, 0.25) is 0 Å². The summed E-state index contributed by atoms with van der Waals surface area (Å²) < 4.78 is 34.9. The molecule has 28 heavy (non-hydrogen) atoms. The summed E-state index contributed by atoms with van der Waals surface area (Å²) in [7, 11) is -1.56. The monoisotopic (exact) mass is 408 g/mol. The Kier molecular flexibility index (Phi) is 5.24. The van der Waals surface area contributed by atoms with Crippen LogP contribution >= 0.6 is 0 Å². The van der Waals surface area contributed by atoms with Gasteiger partial charge in [-0.05, 0) is 30.8 Å². The molecule has 1 aromatic rings. The van der Waals surface area contributed by atoms with Crippen LogP contribution in [0, 0.1) is 0 Å². The summed E-state index contributed by atoms with van der Waals surface area (Å²) in [6, 6.07) is 4.96. The average Bonchev–Trinajstić information content (AvgIpc) is 2.57. The third-order valence-corrected chi connectivity index (χ3v) is 5.83. The van der Waals surface area contributed by atoms with Crippen LogP contribution in [-0.2, 0) is 28.9 Å². The number of piperazine rings is 1. The Morgan fingerprint density at radius 1 is 1.04 bits per heavy atom. The van der Waals surface area contributed by atoms with E-state index in [4.69, 9.17) is 9.47 Å². The zero-order chi connectivity index (χ0) is 20.7. The van der Waals surface area contributed by atoms with Crippen molar-refractivity contribution in [2.45, 2.75) is 24.5 Å². The van der Waals surface area contributed by atoms with Gasteiger partial charge in [0.25, 0.3) is 5.79 Å². The number of anilines is 1. The van der Waals surface area contributed by atoms with E-state index < -0.39 is 27.6 Å². The van der Waals surface area contributed by atoms with Crippen molar-refractivity contribution in [3.8, 4) is 0 Å². The van der Waals surface area contributed by atoms with Gasteiger partial charge in [-0.3, -0.25) is 0 Å². The van der Waals surface area contributed by atoms with Crippen molar-refractivity contribution in [3.05, 3.63) is 29.3 Å². The first-order valence-corrected chi connectivity index (χ1v) is 10.8. The highest BCUT2D eigenvalue weighted by molar-refractivity contribution is 7.90. The zero-order valence-corrected chi connectivity index (χ0v) is 17.2. The van der Waals surface area contributed by atoms with Crippen LogP contribution in [0.5, 0.6) is 0 Å². The maximum atomic E-state index is 12.4. The topological polar surface area (TPSA) is 93.2 Å². The van der Waals surface area contributed by atoms with Crippen LogP contribution in [0.4, 0.5) is 5.69 Å². The number of benzene rings is 1. The molecule has 0 aromatic heterocycles. The molecule has 2 heterocycles. The Labute approximate surface area is 164 Å². The van der Waals surface area contributed by atoms with Gasteiger partial charge in [0.15, 0.2) is 9.84 Å². The first-order chi connectivity index (χ1) is 13.0. The number of esters is 2. The van der Waals surface area contributed by atoms with Crippen molar-refractivity contribution < 1.29 is 27.5 Å². The van der Waals surface area contributed by atoms with Crippen molar-refractivity contribution in [1.29, 1.82) is 0 Å². The van der Waals surface area contributed by atoms with Crippen LogP contribution < -0.4 is 4.90 Å². The number of carbonyl (C=O) groups excluding carboxylic acids is 2. The maximum Gasteiger partial charge on any atom is 0.348 e. The molecule has 1 aromatic carbocycles. The van der Waals surface area contributed by atoms with Crippen LogP contribution in [-0.4, -0.2) is 70.5 Å². The predicted octanol–water partition coefficient (Wildman–Crippen LogP) is 1.06. The first kappa shape index (κ1) is 20.3.